The molecule has 190 valence electrons. The largest absolute Gasteiger partial charge is 0.489 e. The zero-order valence-corrected chi connectivity index (χ0v) is 21.3. The fraction of sp³-hybridized carbons (Fsp3) is 0.219. The molecule has 1 amide bonds. The predicted molar refractivity (Wildman–Crippen MR) is 148 cm³/mol. The van der Waals surface area contributed by atoms with Gasteiger partial charge in [-0.25, -0.2) is 0 Å². The van der Waals surface area contributed by atoms with Crippen LogP contribution in [0, 0.1) is 6.92 Å². The molecule has 0 aliphatic rings. The van der Waals surface area contributed by atoms with Gasteiger partial charge in [-0.15, -0.1) is 0 Å². The molecule has 0 aliphatic heterocycles. The van der Waals surface area contributed by atoms with Gasteiger partial charge >= 0.3 is 0 Å². The van der Waals surface area contributed by atoms with Crippen molar-refractivity contribution in [1.82, 2.24) is 4.90 Å². The Morgan fingerprint density at radius 1 is 0.784 bits per heavy atom. The quantitative estimate of drug-likeness (QED) is 0.257. The molecule has 0 fully saturated rings. The van der Waals surface area contributed by atoms with E-state index in [1.54, 1.807) is 0 Å². The highest BCUT2D eigenvalue weighted by Crippen LogP contribution is 2.24. The molecule has 0 aromatic heterocycles. The van der Waals surface area contributed by atoms with Crippen LogP contribution in [0.1, 0.15) is 39.0 Å². The molecule has 5 heteroatoms. The van der Waals surface area contributed by atoms with E-state index < -0.39 is 0 Å². The highest BCUT2D eigenvalue weighted by molar-refractivity contribution is 5.97. The summed E-state index contributed by atoms with van der Waals surface area (Å²) in [5.74, 6) is 1.27. The summed E-state index contributed by atoms with van der Waals surface area (Å²) in [6.45, 7) is 4.49. The maximum Gasteiger partial charge on any atom is 0.257 e. The summed E-state index contributed by atoms with van der Waals surface area (Å²) < 4.78 is 12.1. The second-order valence-corrected chi connectivity index (χ2v) is 9.00. The van der Waals surface area contributed by atoms with E-state index in [0.717, 1.165) is 22.4 Å². The smallest absolute Gasteiger partial charge is 0.257 e. The molecule has 0 spiro atoms. The van der Waals surface area contributed by atoms with Gasteiger partial charge in [-0.2, -0.15) is 0 Å². The molecule has 4 aromatic rings. The number of hydrogen-bond donors (Lipinski definition) is 1. The van der Waals surface area contributed by atoms with Crippen LogP contribution in [0.25, 0.3) is 0 Å². The van der Waals surface area contributed by atoms with Gasteiger partial charge in [-0.05, 0) is 66.4 Å². The number of carbonyl (C=O) groups excluding carboxylic acids is 1. The average molecular weight is 495 g/mol. The summed E-state index contributed by atoms with van der Waals surface area (Å²) in [5, 5.41) is 0. The lowest BCUT2D eigenvalue weighted by Gasteiger charge is -2.24. The Kier molecular flexibility index (Phi) is 9.33. The van der Waals surface area contributed by atoms with Crippen molar-refractivity contribution >= 4 is 5.91 Å². The van der Waals surface area contributed by atoms with Crippen LogP contribution < -0.4 is 15.2 Å². The van der Waals surface area contributed by atoms with Gasteiger partial charge in [-0.3, -0.25) is 4.79 Å². The molecule has 2 N–H and O–H groups in total. The third-order valence-electron chi connectivity index (χ3n) is 6.20. The molecule has 0 saturated carbocycles. The molecule has 5 nitrogen and oxygen atoms in total. The van der Waals surface area contributed by atoms with E-state index in [-0.39, 0.29) is 5.91 Å². The molecular formula is C32H34N2O3. The molecule has 0 unspecified atom stereocenters. The molecular weight excluding hydrogens is 460 g/mol. The van der Waals surface area contributed by atoms with Crippen molar-refractivity contribution in [3.8, 4) is 11.5 Å². The molecule has 0 bridgehead atoms. The molecule has 0 radical (unpaired) electrons. The Labute approximate surface area is 219 Å². The Balaban J connectivity index is 1.48. The Morgan fingerprint density at radius 3 is 2.32 bits per heavy atom. The van der Waals surface area contributed by atoms with Gasteiger partial charge in [0.2, 0.25) is 0 Å². The third-order valence-corrected chi connectivity index (χ3v) is 6.20. The minimum Gasteiger partial charge on any atom is -0.489 e. The van der Waals surface area contributed by atoms with E-state index in [9.17, 15) is 4.79 Å². The summed E-state index contributed by atoms with van der Waals surface area (Å²) in [6.07, 6.45) is 0.711. The molecule has 4 rings (SSSR count). The number of para-hydroxylation sites is 1. The fourth-order valence-electron chi connectivity index (χ4n) is 4.10. The molecule has 4 aromatic carbocycles. The van der Waals surface area contributed by atoms with Crippen LogP contribution >= 0.6 is 0 Å². The molecule has 37 heavy (non-hydrogen) atoms. The van der Waals surface area contributed by atoms with Crippen molar-refractivity contribution in [1.29, 1.82) is 0 Å². The van der Waals surface area contributed by atoms with Crippen molar-refractivity contribution in [3.05, 3.63) is 131 Å². The van der Waals surface area contributed by atoms with E-state index in [2.05, 4.69) is 19.1 Å². The highest BCUT2D eigenvalue weighted by Gasteiger charge is 2.20. The summed E-state index contributed by atoms with van der Waals surface area (Å²) in [7, 11) is 0. The second-order valence-electron chi connectivity index (χ2n) is 9.00. The van der Waals surface area contributed by atoms with Crippen LogP contribution in [-0.2, 0) is 19.8 Å². The first-order chi connectivity index (χ1) is 18.1. The maximum absolute atomic E-state index is 13.7. The number of benzene rings is 4. The zero-order chi connectivity index (χ0) is 25.9. The molecule has 0 heterocycles. The van der Waals surface area contributed by atoms with E-state index in [1.165, 1.54) is 5.56 Å². The lowest BCUT2D eigenvalue weighted by Crippen LogP contribution is -2.32. The van der Waals surface area contributed by atoms with Crippen LogP contribution in [-0.4, -0.2) is 23.9 Å². The summed E-state index contributed by atoms with van der Waals surface area (Å²) >= 11 is 0. The third kappa shape index (κ3) is 7.45. The summed E-state index contributed by atoms with van der Waals surface area (Å²) in [4.78, 5) is 15.5. The molecule has 0 saturated heterocycles. The van der Waals surface area contributed by atoms with Gasteiger partial charge in [0.15, 0.2) is 0 Å². The predicted octanol–water partition coefficient (Wildman–Crippen LogP) is 6.14. The minimum atomic E-state index is -0.0802. The standard InChI is InChI=1S/C32H34N2O3/c1-25-11-5-6-15-28(25)24-36-29-16-9-14-27(21-29)22-34(20-10-19-33)32(35)30-17-7-8-18-31(30)37-23-26-12-3-2-4-13-26/h2-9,11-18,21H,10,19-20,22-24,33H2,1H3. The number of aryl methyl sites for hydroxylation is 1. The molecule has 0 atom stereocenters. The zero-order valence-electron chi connectivity index (χ0n) is 21.3. The number of rotatable bonds is 12. The van der Waals surface area contributed by atoms with Crippen molar-refractivity contribution < 1.29 is 14.3 Å². The van der Waals surface area contributed by atoms with Crippen LogP contribution in [0.5, 0.6) is 11.5 Å². The van der Waals surface area contributed by atoms with Gasteiger partial charge in [0, 0.05) is 13.1 Å². The number of nitrogens with zero attached hydrogens (tertiary/aromatic N) is 1. The monoisotopic (exact) mass is 494 g/mol. The summed E-state index contributed by atoms with van der Waals surface area (Å²) in [6, 6.07) is 33.5. The SMILES string of the molecule is Cc1ccccc1COc1cccc(CN(CCCN)C(=O)c2ccccc2OCc2ccccc2)c1. The number of carbonyl (C=O) groups is 1. The minimum absolute atomic E-state index is 0.0802. The average Bonchev–Trinajstić information content (AvgIpc) is 2.94. The van der Waals surface area contributed by atoms with Crippen molar-refractivity contribution in [2.45, 2.75) is 33.1 Å². The number of ether oxygens (including phenoxy) is 2. The fourth-order valence-corrected chi connectivity index (χ4v) is 4.10. The van der Waals surface area contributed by atoms with Gasteiger partial charge in [0.25, 0.3) is 5.91 Å². The van der Waals surface area contributed by atoms with Crippen molar-refractivity contribution in [2.75, 3.05) is 13.1 Å². The number of amides is 1. The number of hydrogen-bond acceptors (Lipinski definition) is 4. The van der Waals surface area contributed by atoms with Gasteiger partial charge in [0.05, 0.1) is 5.56 Å². The maximum atomic E-state index is 13.7. The highest BCUT2D eigenvalue weighted by atomic mass is 16.5. The van der Waals surface area contributed by atoms with Crippen molar-refractivity contribution in [2.24, 2.45) is 5.73 Å². The summed E-state index contributed by atoms with van der Waals surface area (Å²) in [5.41, 5.74) is 10.7. The normalized spacial score (nSPS) is 10.6. The van der Waals surface area contributed by atoms with Crippen LogP contribution in [0.2, 0.25) is 0 Å². The van der Waals surface area contributed by atoms with Crippen LogP contribution in [0.4, 0.5) is 0 Å². The van der Waals surface area contributed by atoms with E-state index in [1.807, 2.05) is 95.9 Å². The van der Waals surface area contributed by atoms with E-state index in [0.29, 0.717) is 50.6 Å². The Morgan fingerprint density at radius 2 is 1.51 bits per heavy atom. The number of nitrogens with two attached hydrogens (primary N) is 1. The van der Waals surface area contributed by atoms with E-state index >= 15 is 0 Å². The van der Waals surface area contributed by atoms with Crippen LogP contribution in [0.15, 0.2) is 103 Å². The lowest BCUT2D eigenvalue weighted by atomic mass is 10.1. The molecule has 0 aliphatic carbocycles. The Hall–Kier alpha value is -4.09. The van der Waals surface area contributed by atoms with Crippen molar-refractivity contribution in [3.63, 3.8) is 0 Å². The Bertz CT molecular complexity index is 1290. The first-order valence-corrected chi connectivity index (χ1v) is 12.7. The van der Waals surface area contributed by atoms with Gasteiger partial charge in [-0.1, -0.05) is 78.9 Å². The van der Waals surface area contributed by atoms with Gasteiger partial charge < -0.3 is 20.1 Å². The van der Waals surface area contributed by atoms with Crippen LogP contribution in [0.3, 0.4) is 0 Å². The second kappa shape index (κ2) is 13.3. The lowest BCUT2D eigenvalue weighted by molar-refractivity contribution is 0.0737. The first kappa shape index (κ1) is 26.0. The first-order valence-electron chi connectivity index (χ1n) is 12.7. The topological polar surface area (TPSA) is 64.8 Å². The van der Waals surface area contributed by atoms with E-state index in [4.69, 9.17) is 15.2 Å². The van der Waals surface area contributed by atoms with Gasteiger partial charge in [0.1, 0.15) is 24.7 Å².